The normalized spacial score (nSPS) is 14.8. The van der Waals surface area contributed by atoms with E-state index in [1.807, 2.05) is 24.3 Å². The number of halogens is 1. The van der Waals surface area contributed by atoms with Gasteiger partial charge in [0.2, 0.25) is 0 Å². The third-order valence-electron chi connectivity index (χ3n) is 4.20. The maximum atomic E-state index is 12.2. The largest absolute Gasteiger partial charge is 0.492 e. The number of carbonyl (C=O) groups is 1. The predicted molar refractivity (Wildman–Crippen MR) is 102 cm³/mol. The summed E-state index contributed by atoms with van der Waals surface area (Å²) < 4.78 is 10.9. The molecule has 6 heteroatoms. The lowest BCUT2D eigenvalue weighted by Gasteiger charge is -2.26. The van der Waals surface area contributed by atoms with Gasteiger partial charge in [-0.25, -0.2) is 0 Å². The number of carbonyl (C=O) groups excluding carboxylic acids is 1. The van der Waals surface area contributed by atoms with E-state index in [2.05, 4.69) is 10.2 Å². The first kappa shape index (κ1) is 18.7. The summed E-state index contributed by atoms with van der Waals surface area (Å²) in [6.45, 7) is 5.22. The fourth-order valence-electron chi connectivity index (χ4n) is 2.75. The van der Waals surface area contributed by atoms with Gasteiger partial charge in [0.1, 0.15) is 12.4 Å². The molecule has 1 aliphatic heterocycles. The van der Waals surface area contributed by atoms with Crippen LogP contribution in [0.2, 0.25) is 5.02 Å². The number of amides is 1. The Morgan fingerprint density at radius 3 is 2.46 bits per heavy atom. The lowest BCUT2D eigenvalue weighted by Crippen LogP contribution is -2.35. The number of ether oxygens (including phenoxy) is 2. The Hall–Kier alpha value is -2.08. The van der Waals surface area contributed by atoms with Crippen LogP contribution in [0.15, 0.2) is 48.5 Å². The van der Waals surface area contributed by atoms with Crippen LogP contribution < -0.4 is 10.1 Å². The molecule has 1 aliphatic rings. The van der Waals surface area contributed by atoms with Crippen LogP contribution in [-0.2, 0) is 11.3 Å². The minimum absolute atomic E-state index is 0.0948. The molecule has 5 nitrogen and oxygen atoms in total. The van der Waals surface area contributed by atoms with Crippen molar-refractivity contribution in [2.45, 2.75) is 6.54 Å². The minimum atomic E-state index is -0.0948. The van der Waals surface area contributed by atoms with Crippen molar-refractivity contribution in [2.24, 2.45) is 0 Å². The Morgan fingerprint density at radius 2 is 1.77 bits per heavy atom. The number of benzene rings is 2. The highest BCUT2D eigenvalue weighted by atomic mass is 35.5. The van der Waals surface area contributed by atoms with Gasteiger partial charge in [0.05, 0.1) is 19.8 Å². The van der Waals surface area contributed by atoms with Crippen LogP contribution in [0.3, 0.4) is 0 Å². The number of nitrogens with one attached hydrogen (secondary N) is 1. The molecule has 1 fully saturated rings. The van der Waals surface area contributed by atoms with Gasteiger partial charge in [-0.15, -0.1) is 0 Å². The van der Waals surface area contributed by atoms with Gasteiger partial charge < -0.3 is 14.8 Å². The maximum Gasteiger partial charge on any atom is 0.251 e. The third-order valence-corrected chi connectivity index (χ3v) is 4.45. The second-order valence-corrected chi connectivity index (χ2v) is 6.58. The minimum Gasteiger partial charge on any atom is -0.492 e. The highest BCUT2D eigenvalue weighted by Crippen LogP contribution is 2.15. The molecule has 0 atom stereocenters. The number of nitrogens with zero attached hydrogens (tertiary/aromatic N) is 1. The molecule has 2 aromatic rings. The monoisotopic (exact) mass is 374 g/mol. The van der Waals surface area contributed by atoms with Crippen LogP contribution in [0.5, 0.6) is 5.75 Å². The average molecular weight is 375 g/mol. The molecule has 1 heterocycles. The van der Waals surface area contributed by atoms with Crippen LogP contribution >= 0.6 is 11.6 Å². The van der Waals surface area contributed by atoms with E-state index in [9.17, 15) is 4.79 Å². The van der Waals surface area contributed by atoms with E-state index in [4.69, 9.17) is 21.1 Å². The van der Waals surface area contributed by atoms with Crippen LogP contribution in [0.1, 0.15) is 15.9 Å². The highest BCUT2D eigenvalue weighted by Gasteiger charge is 2.11. The Kier molecular flexibility index (Phi) is 6.89. The van der Waals surface area contributed by atoms with Crippen molar-refractivity contribution in [3.63, 3.8) is 0 Å². The summed E-state index contributed by atoms with van der Waals surface area (Å²) in [6, 6.07) is 14.9. The van der Waals surface area contributed by atoms with Crippen LogP contribution in [-0.4, -0.2) is 50.3 Å². The summed E-state index contributed by atoms with van der Waals surface area (Å²) in [6.07, 6.45) is 0. The molecule has 0 aliphatic carbocycles. The summed E-state index contributed by atoms with van der Waals surface area (Å²) in [5, 5.41) is 3.53. The van der Waals surface area contributed by atoms with Crippen LogP contribution in [0, 0.1) is 0 Å². The van der Waals surface area contributed by atoms with Gasteiger partial charge in [-0.05, 0) is 42.0 Å². The van der Waals surface area contributed by atoms with E-state index < -0.39 is 0 Å². The fraction of sp³-hybridized carbons (Fsp3) is 0.350. The van der Waals surface area contributed by atoms with E-state index in [1.54, 1.807) is 24.3 Å². The van der Waals surface area contributed by atoms with E-state index >= 15 is 0 Å². The Labute approximate surface area is 158 Å². The molecule has 0 bridgehead atoms. The smallest absolute Gasteiger partial charge is 0.251 e. The standard InChI is InChI=1S/C20H23ClN2O3/c21-18-5-7-19(8-6-18)26-12-9-22-20(24)17-3-1-16(2-4-17)15-23-10-13-25-14-11-23/h1-8H,9-15H2,(H,22,24). The van der Waals surface area contributed by atoms with E-state index in [0.717, 1.165) is 38.6 Å². The van der Waals surface area contributed by atoms with Crippen LogP contribution in [0.4, 0.5) is 0 Å². The summed E-state index contributed by atoms with van der Waals surface area (Å²) in [7, 11) is 0. The van der Waals surface area contributed by atoms with Crippen molar-refractivity contribution in [1.29, 1.82) is 0 Å². The summed E-state index contributed by atoms with van der Waals surface area (Å²) in [4.78, 5) is 14.5. The number of hydrogen-bond donors (Lipinski definition) is 1. The van der Waals surface area contributed by atoms with Crippen molar-refractivity contribution >= 4 is 17.5 Å². The first-order valence-electron chi connectivity index (χ1n) is 8.76. The zero-order valence-corrected chi connectivity index (χ0v) is 15.4. The molecule has 0 unspecified atom stereocenters. The van der Waals surface area contributed by atoms with E-state index in [1.165, 1.54) is 5.56 Å². The second kappa shape index (κ2) is 9.57. The Morgan fingerprint density at radius 1 is 1.08 bits per heavy atom. The molecule has 138 valence electrons. The van der Waals surface area contributed by atoms with E-state index in [0.29, 0.717) is 23.7 Å². The first-order chi connectivity index (χ1) is 12.7. The van der Waals surface area contributed by atoms with Crippen molar-refractivity contribution in [3.8, 4) is 5.75 Å². The fourth-order valence-corrected chi connectivity index (χ4v) is 2.87. The van der Waals surface area contributed by atoms with Gasteiger partial charge >= 0.3 is 0 Å². The van der Waals surface area contributed by atoms with Crippen LogP contribution in [0.25, 0.3) is 0 Å². The number of hydrogen-bond acceptors (Lipinski definition) is 4. The summed E-state index contributed by atoms with van der Waals surface area (Å²) >= 11 is 5.83. The lowest BCUT2D eigenvalue weighted by atomic mass is 10.1. The quantitative estimate of drug-likeness (QED) is 0.757. The molecule has 3 rings (SSSR count). The molecule has 1 N–H and O–H groups in total. The van der Waals surface area contributed by atoms with Crippen molar-refractivity contribution in [2.75, 3.05) is 39.5 Å². The van der Waals surface area contributed by atoms with Crippen molar-refractivity contribution in [1.82, 2.24) is 10.2 Å². The highest BCUT2D eigenvalue weighted by molar-refractivity contribution is 6.30. The summed E-state index contributed by atoms with van der Waals surface area (Å²) in [5.41, 5.74) is 1.86. The molecule has 0 radical (unpaired) electrons. The van der Waals surface area contributed by atoms with Crippen molar-refractivity contribution < 1.29 is 14.3 Å². The summed E-state index contributed by atoms with van der Waals surface area (Å²) in [5.74, 6) is 0.638. The molecule has 2 aromatic carbocycles. The zero-order valence-electron chi connectivity index (χ0n) is 14.6. The maximum absolute atomic E-state index is 12.2. The number of morpholine rings is 1. The third kappa shape index (κ3) is 5.73. The number of rotatable bonds is 7. The average Bonchev–Trinajstić information content (AvgIpc) is 2.68. The van der Waals surface area contributed by atoms with Crippen molar-refractivity contribution in [3.05, 3.63) is 64.7 Å². The topological polar surface area (TPSA) is 50.8 Å². The van der Waals surface area contributed by atoms with Gasteiger partial charge in [-0.2, -0.15) is 0 Å². The van der Waals surface area contributed by atoms with Gasteiger partial charge in [-0.3, -0.25) is 9.69 Å². The molecule has 26 heavy (non-hydrogen) atoms. The van der Waals surface area contributed by atoms with Gasteiger partial charge in [0, 0.05) is 30.2 Å². The molecule has 1 saturated heterocycles. The lowest BCUT2D eigenvalue weighted by molar-refractivity contribution is 0.0342. The molecule has 1 amide bonds. The molecule has 0 saturated carbocycles. The molecular formula is C20H23ClN2O3. The Balaban J connectivity index is 1.40. The van der Waals surface area contributed by atoms with E-state index in [-0.39, 0.29) is 5.91 Å². The first-order valence-corrected chi connectivity index (χ1v) is 9.14. The predicted octanol–water partition coefficient (Wildman–Crippen LogP) is 2.98. The zero-order chi connectivity index (χ0) is 18.2. The van der Waals surface area contributed by atoms with Gasteiger partial charge in [0.25, 0.3) is 5.91 Å². The van der Waals surface area contributed by atoms with Gasteiger partial charge in [-0.1, -0.05) is 23.7 Å². The molecular weight excluding hydrogens is 352 g/mol. The SMILES string of the molecule is O=C(NCCOc1ccc(Cl)cc1)c1ccc(CN2CCOCC2)cc1. The van der Waals surface area contributed by atoms with Gasteiger partial charge in [0.15, 0.2) is 0 Å². The second-order valence-electron chi connectivity index (χ2n) is 6.14. The molecule has 0 spiro atoms. The molecule has 0 aromatic heterocycles. The Bertz CT molecular complexity index is 698.